The van der Waals surface area contributed by atoms with E-state index in [1.165, 1.54) is 28.6 Å². The molecule has 0 saturated carbocycles. The van der Waals surface area contributed by atoms with Crippen molar-refractivity contribution in [3.8, 4) is 16.8 Å². The summed E-state index contributed by atoms with van der Waals surface area (Å²) in [5.41, 5.74) is 1.52. The Balaban J connectivity index is 1.63. The quantitative estimate of drug-likeness (QED) is 0.427. The smallest absolute Gasteiger partial charge is 0.259 e. The first-order chi connectivity index (χ1) is 16.8. The third kappa shape index (κ3) is 3.68. The predicted octanol–water partition coefficient (Wildman–Crippen LogP) is 3.96. The van der Waals surface area contributed by atoms with E-state index in [0.717, 1.165) is 22.4 Å². The first-order valence-electron chi connectivity index (χ1n) is 10.7. The second-order valence-corrected chi connectivity index (χ2v) is 8.15. The van der Waals surface area contributed by atoms with Gasteiger partial charge in [0, 0.05) is 36.7 Å². The molecular formula is C25H20F2N6O2. The van der Waals surface area contributed by atoms with E-state index in [1.54, 1.807) is 43.6 Å². The van der Waals surface area contributed by atoms with E-state index in [1.807, 2.05) is 6.92 Å². The van der Waals surface area contributed by atoms with E-state index in [9.17, 15) is 18.4 Å². The molecule has 10 heteroatoms. The van der Waals surface area contributed by atoms with Gasteiger partial charge >= 0.3 is 0 Å². The standard InChI is InChI=1S/C25H20F2N6O2/c1-14-7-8-15(23(34)30-21-9-10-28-32(21)3)11-17(14)18-12-16-13-29-33(24(16)31(2)25(18)35)22-19(26)5-4-6-20(22)27/h4-13H,1-3H3,(H,30,34). The summed E-state index contributed by atoms with van der Waals surface area (Å²) in [5.74, 6) is -1.41. The van der Waals surface area contributed by atoms with Crippen LogP contribution >= 0.6 is 0 Å². The average molecular weight is 474 g/mol. The van der Waals surface area contributed by atoms with Gasteiger partial charge in [-0.05, 0) is 48.4 Å². The Labute approximate surface area is 198 Å². The minimum Gasteiger partial charge on any atom is -0.307 e. The van der Waals surface area contributed by atoms with Crippen molar-refractivity contribution in [2.45, 2.75) is 6.92 Å². The van der Waals surface area contributed by atoms with Gasteiger partial charge in [0.05, 0.1) is 12.4 Å². The van der Waals surface area contributed by atoms with Crippen molar-refractivity contribution in [3.05, 3.63) is 94.0 Å². The van der Waals surface area contributed by atoms with Crippen molar-refractivity contribution in [1.29, 1.82) is 0 Å². The molecule has 0 saturated heterocycles. The molecule has 2 aromatic carbocycles. The van der Waals surface area contributed by atoms with Crippen LogP contribution in [0, 0.1) is 18.6 Å². The zero-order valence-corrected chi connectivity index (χ0v) is 19.1. The summed E-state index contributed by atoms with van der Waals surface area (Å²) in [7, 11) is 3.22. The fourth-order valence-corrected chi connectivity index (χ4v) is 4.07. The van der Waals surface area contributed by atoms with Crippen LogP contribution in [0.2, 0.25) is 0 Å². The van der Waals surface area contributed by atoms with Crippen molar-refractivity contribution in [1.82, 2.24) is 24.1 Å². The summed E-state index contributed by atoms with van der Waals surface area (Å²) in [5, 5.41) is 11.5. The summed E-state index contributed by atoms with van der Waals surface area (Å²) >= 11 is 0. The van der Waals surface area contributed by atoms with Gasteiger partial charge in [0.15, 0.2) is 11.6 Å². The van der Waals surface area contributed by atoms with Crippen molar-refractivity contribution < 1.29 is 13.6 Å². The van der Waals surface area contributed by atoms with Crippen LogP contribution < -0.4 is 10.9 Å². The highest BCUT2D eigenvalue weighted by Crippen LogP contribution is 2.27. The van der Waals surface area contributed by atoms with E-state index in [0.29, 0.717) is 27.9 Å². The molecule has 8 nitrogen and oxygen atoms in total. The number of fused-ring (bicyclic) bond motifs is 1. The van der Waals surface area contributed by atoms with Gasteiger partial charge in [-0.15, -0.1) is 0 Å². The van der Waals surface area contributed by atoms with Crippen LogP contribution in [0.25, 0.3) is 27.8 Å². The number of nitrogens with zero attached hydrogens (tertiary/aromatic N) is 5. The molecule has 1 amide bonds. The molecule has 0 fully saturated rings. The van der Waals surface area contributed by atoms with Crippen molar-refractivity contribution in [3.63, 3.8) is 0 Å². The van der Waals surface area contributed by atoms with Gasteiger partial charge in [0.2, 0.25) is 0 Å². The monoisotopic (exact) mass is 474 g/mol. The molecule has 0 bridgehead atoms. The molecule has 5 rings (SSSR count). The maximum Gasteiger partial charge on any atom is 0.259 e. The Bertz CT molecular complexity index is 1660. The topological polar surface area (TPSA) is 86.7 Å². The highest BCUT2D eigenvalue weighted by molar-refractivity contribution is 6.04. The summed E-state index contributed by atoms with van der Waals surface area (Å²) in [6.45, 7) is 1.83. The second-order valence-electron chi connectivity index (χ2n) is 8.15. The van der Waals surface area contributed by atoms with Crippen LogP contribution in [0.3, 0.4) is 0 Å². The number of amides is 1. The van der Waals surface area contributed by atoms with Crippen LogP contribution in [0.5, 0.6) is 0 Å². The van der Waals surface area contributed by atoms with Crippen molar-refractivity contribution >= 4 is 22.8 Å². The zero-order chi connectivity index (χ0) is 24.9. The van der Waals surface area contributed by atoms with Gasteiger partial charge in [0.1, 0.15) is 17.2 Å². The molecule has 1 N–H and O–H groups in total. The lowest BCUT2D eigenvalue weighted by Gasteiger charge is -2.13. The van der Waals surface area contributed by atoms with Crippen LogP contribution in [0.4, 0.5) is 14.6 Å². The van der Waals surface area contributed by atoms with Gasteiger partial charge in [-0.2, -0.15) is 10.2 Å². The first kappa shape index (κ1) is 22.2. The van der Waals surface area contributed by atoms with Crippen LogP contribution in [-0.2, 0) is 14.1 Å². The molecule has 35 heavy (non-hydrogen) atoms. The highest BCUT2D eigenvalue weighted by Gasteiger charge is 2.20. The average Bonchev–Trinajstić information content (AvgIpc) is 3.43. The van der Waals surface area contributed by atoms with Gasteiger partial charge in [-0.1, -0.05) is 12.1 Å². The molecular weight excluding hydrogens is 454 g/mol. The number of hydrogen-bond acceptors (Lipinski definition) is 4. The molecule has 0 aliphatic heterocycles. The number of aromatic nitrogens is 5. The maximum absolute atomic E-state index is 14.4. The van der Waals surface area contributed by atoms with E-state index in [4.69, 9.17) is 0 Å². The van der Waals surface area contributed by atoms with E-state index < -0.39 is 17.2 Å². The van der Waals surface area contributed by atoms with Crippen LogP contribution in [-0.4, -0.2) is 30.0 Å². The summed E-state index contributed by atoms with van der Waals surface area (Å²) in [6, 6.07) is 11.9. The van der Waals surface area contributed by atoms with Crippen molar-refractivity contribution in [2.24, 2.45) is 14.1 Å². The van der Waals surface area contributed by atoms with Crippen molar-refractivity contribution in [2.75, 3.05) is 5.32 Å². The fourth-order valence-electron chi connectivity index (χ4n) is 4.07. The van der Waals surface area contributed by atoms with Gasteiger partial charge in [-0.3, -0.25) is 18.8 Å². The number of carbonyl (C=O) groups is 1. The molecule has 0 aliphatic carbocycles. The molecule has 0 atom stereocenters. The number of aryl methyl sites for hydroxylation is 3. The molecule has 0 radical (unpaired) electrons. The minimum absolute atomic E-state index is 0.241. The maximum atomic E-state index is 14.4. The third-order valence-electron chi connectivity index (χ3n) is 5.93. The Hall–Kier alpha value is -4.60. The second kappa shape index (κ2) is 8.32. The van der Waals surface area contributed by atoms with E-state index in [-0.39, 0.29) is 17.2 Å². The number of carbonyl (C=O) groups excluding carboxylic acids is 1. The lowest BCUT2D eigenvalue weighted by Crippen LogP contribution is -2.21. The fraction of sp³-hybridized carbons (Fsp3) is 0.120. The lowest BCUT2D eigenvalue weighted by molar-refractivity contribution is 0.102. The van der Waals surface area contributed by atoms with Crippen LogP contribution in [0.15, 0.2) is 65.7 Å². The highest BCUT2D eigenvalue weighted by atomic mass is 19.1. The molecule has 0 aliphatic rings. The normalized spacial score (nSPS) is 11.2. The molecule has 5 aromatic rings. The van der Waals surface area contributed by atoms with Crippen LogP contribution in [0.1, 0.15) is 15.9 Å². The number of hydrogen-bond donors (Lipinski definition) is 1. The minimum atomic E-state index is -0.797. The predicted molar refractivity (Wildman–Crippen MR) is 128 cm³/mol. The Kier molecular flexibility index (Phi) is 5.28. The Morgan fingerprint density at radius 1 is 0.971 bits per heavy atom. The Morgan fingerprint density at radius 3 is 2.40 bits per heavy atom. The van der Waals surface area contributed by atoms with Gasteiger partial charge < -0.3 is 5.32 Å². The molecule has 176 valence electrons. The van der Waals surface area contributed by atoms with E-state index in [2.05, 4.69) is 15.5 Å². The number of halogens is 2. The van der Waals surface area contributed by atoms with Gasteiger partial charge in [-0.25, -0.2) is 13.5 Å². The molecule has 0 unspecified atom stereocenters. The zero-order valence-electron chi connectivity index (χ0n) is 19.1. The number of benzene rings is 2. The molecule has 3 aromatic heterocycles. The molecule has 0 spiro atoms. The SMILES string of the molecule is Cc1ccc(C(=O)Nc2ccnn2C)cc1-c1cc2cnn(-c3c(F)cccc3F)c2n(C)c1=O. The number of para-hydroxylation sites is 1. The number of rotatable bonds is 4. The molecule has 3 heterocycles. The summed E-state index contributed by atoms with van der Waals surface area (Å²) in [6.07, 6.45) is 3.01. The summed E-state index contributed by atoms with van der Waals surface area (Å²) < 4.78 is 32.8. The third-order valence-corrected chi connectivity index (χ3v) is 5.93. The number of nitrogens with one attached hydrogen (secondary N) is 1. The Morgan fingerprint density at radius 2 is 1.71 bits per heavy atom. The number of anilines is 1. The van der Waals surface area contributed by atoms with E-state index >= 15 is 0 Å². The lowest BCUT2D eigenvalue weighted by atomic mass is 9.98. The van der Waals surface area contributed by atoms with Gasteiger partial charge in [0.25, 0.3) is 11.5 Å². The summed E-state index contributed by atoms with van der Waals surface area (Å²) in [4.78, 5) is 26.2. The number of pyridine rings is 1. The largest absolute Gasteiger partial charge is 0.307 e. The first-order valence-corrected chi connectivity index (χ1v) is 10.7.